The number of aliphatic imine (C=N–C) groups is 1. The number of carbonyl (C=O) groups is 1. The summed E-state index contributed by atoms with van der Waals surface area (Å²) in [4.78, 5) is 19.6. The first-order valence-corrected chi connectivity index (χ1v) is 8.25. The summed E-state index contributed by atoms with van der Waals surface area (Å²) < 4.78 is 50.4. The Kier molecular flexibility index (Phi) is 5.55. The third-order valence-electron chi connectivity index (χ3n) is 3.83. The highest BCUT2D eigenvalue weighted by molar-refractivity contribution is 6.31. The van der Waals surface area contributed by atoms with Crippen molar-refractivity contribution in [3.05, 3.63) is 75.7 Å². The molecule has 10 heteroatoms. The quantitative estimate of drug-likeness (QED) is 0.764. The zero-order chi connectivity index (χ0) is 20.4. The minimum Gasteiger partial charge on any atom is -0.437 e. The molecule has 2 heterocycles. The molecule has 0 bridgehead atoms. The molecule has 146 valence electrons. The Morgan fingerprint density at radius 1 is 1.21 bits per heavy atom. The fourth-order valence-corrected chi connectivity index (χ4v) is 2.84. The minimum atomic E-state index is -1.03. The molecule has 1 unspecified atom stereocenters. The first-order valence-electron chi connectivity index (χ1n) is 7.88. The number of pyridine rings is 1. The second-order valence-corrected chi connectivity index (χ2v) is 6.11. The summed E-state index contributed by atoms with van der Waals surface area (Å²) in [6.45, 7) is 1.54. The number of carbonyl (C=O) groups excluding carboxylic acids is 1. The Morgan fingerprint density at radius 2 is 1.96 bits per heavy atom. The summed E-state index contributed by atoms with van der Waals surface area (Å²) in [6.07, 6.45) is -0.175. The lowest BCUT2D eigenvalue weighted by atomic mass is 10.0. The molecule has 1 aromatic carbocycles. The molecule has 1 aliphatic heterocycles. The predicted octanol–water partition coefficient (Wildman–Crippen LogP) is 4.26. The zero-order valence-electron chi connectivity index (χ0n) is 14.6. The fraction of sp³-hybridized carbons (Fsp3) is 0.167. The summed E-state index contributed by atoms with van der Waals surface area (Å²) in [5.41, 5.74) is 0.329. The van der Waals surface area contributed by atoms with Gasteiger partial charge in [-0.05, 0) is 19.1 Å². The van der Waals surface area contributed by atoms with Gasteiger partial charge in [0.05, 0.1) is 19.0 Å². The van der Waals surface area contributed by atoms with E-state index in [1.165, 1.54) is 6.07 Å². The summed E-state index contributed by atoms with van der Waals surface area (Å²) in [6, 6.07) is 3.20. The molecule has 0 spiro atoms. The molecule has 0 saturated heterocycles. The molecule has 0 saturated carbocycles. The molecular formula is C18H13ClF3N3O3. The van der Waals surface area contributed by atoms with Gasteiger partial charge in [0.2, 0.25) is 0 Å². The van der Waals surface area contributed by atoms with E-state index in [0.29, 0.717) is 11.6 Å². The van der Waals surface area contributed by atoms with E-state index in [0.717, 1.165) is 25.4 Å². The maximum Gasteiger partial charge on any atom is 0.513 e. The van der Waals surface area contributed by atoms with Crippen molar-refractivity contribution in [1.82, 2.24) is 10.3 Å². The molecule has 3 rings (SSSR count). The van der Waals surface area contributed by atoms with Crippen LogP contribution >= 0.6 is 11.6 Å². The van der Waals surface area contributed by atoms with Gasteiger partial charge < -0.3 is 14.8 Å². The van der Waals surface area contributed by atoms with Crippen molar-refractivity contribution in [2.45, 2.75) is 13.0 Å². The van der Waals surface area contributed by atoms with Gasteiger partial charge in [-0.1, -0.05) is 17.7 Å². The Bertz CT molecular complexity index is 1010. The number of allylic oxidation sites excluding steroid dienone is 1. The lowest BCUT2D eigenvalue weighted by Crippen LogP contribution is -2.32. The predicted molar refractivity (Wildman–Crippen MR) is 94.2 cm³/mol. The second kappa shape index (κ2) is 7.89. The molecule has 2 aromatic rings. The number of benzene rings is 1. The maximum absolute atomic E-state index is 14.2. The first-order chi connectivity index (χ1) is 13.3. The van der Waals surface area contributed by atoms with Crippen molar-refractivity contribution in [3.63, 3.8) is 0 Å². The van der Waals surface area contributed by atoms with Gasteiger partial charge >= 0.3 is 6.16 Å². The van der Waals surface area contributed by atoms with Crippen LogP contribution < -0.4 is 5.32 Å². The molecule has 1 atom stereocenters. The Hall–Kier alpha value is -3.07. The van der Waals surface area contributed by atoms with Crippen LogP contribution in [-0.2, 0) is 9.47 Å². The molecule has 0 radical (unpaired) electrons. The SMILES string of the molecule is COC(=O)OC1=C(C)NC(c2ncc(F)cc2F)=NC1c1ccc(F)cc1Cl. The third-order valence-corrected chi connectivity index (χ3v) is 4.16. The van der Waals surface area contributed by atoms with E-state index >= 15 is 0 Å². The van der Waals surface area contributed by atoms with Crippen LogP contribution in [0.4, 0.5) is 18.0 Å². The van der Waals surface area contributed by atoms with Crippen molar-refractivity contribution >= 4 is 23.6 Å². The number of aromatic nitrogens is 1. The average molecular weight is 412 g/mol. The fourth-order valence-electron chi connectivity index (χ4n) is 2.57. The Morgan fingerprint density at radius 3 is 2.61 bits per heavy atom. The van der Waals surface area contributed by atoms with Crippen molar-refractivity contribution in [1.29, 1.82) is 0 Å². The van der Waals surface area contributed by atoms with Gasteiger partial charge in [0.1, 0.15) is 23.4 Å². The lowest BCUT2D eigenvalue weighted by molar-refractivity contribution is 0.0913. The van der Waals surface area contributed by atoms with Crippen molar-refractivity contribution in [2.24, 2.45) is 4.99 Å². The van der Waals surface area contributed by atoms with Crippen LogP contribution in [-0.4, -0.2) is 24.1 Å². The van der Waals surface area contributed by atoms with Gasteiger partial charge in [-0.15, -0.1) is 0 Å². The van der Waals surface area contributed by atoms with Crippen LogP contribution in [0.2, 0.25) is 5.02 Å². The van der Waals surface area contributed by atoms with Crippen LogP contribution in [0, 0.1) is 17.5 Å². The molecule has 0 amide bonds. The highest BCUT2D eigenvalue weighted by Crippen LogP contribution is 2.36. The molecule has 28 heavy (non-hydrogen) atoms. The van der Waals surface area contributed by atoms with Gasteiger partial charge in [-0.2, -0.15) is 0 Å². The van der Waals surface area contributed by atoms with E-state index in [-0.39, 0.29) is 28.0 Å². The molecule has 1 aromatic heterocycles. The Labute approximate surface area is 162 Å². The summed E-state index contributed by atoms with van der Waals surface area (Å²) in [7, 11) is 1.13. The van der Waals surface area contributed by atoms with E-state index in [9.17, 15) is 18.0 Å². The van der Waals surface area contributed by atoms with E-state index in [2.05, 4.69) is 20.0 Å². The van der Waals surface area contributed by atoms with Gasteiger partial charge in [-0.3, -0.25) is 0 Å². The summed E-state index contributed by atoms with van der Waals surface area (Å²) >= 11 is 6.13. The third kappa shape index (κ3) is 3.94. The maximum atomic E-state index is 14.2. The number of nitrogens with zero attached hydrogens (tertiary/aromatic N) is 2. The van der Waals surface area contributed by atoms with Crippen LogP contribution in [0.1, 0.15) is 24.2 Å². The largest absolute Gasteiger partial charge is 0.513 e. The number of halogens is 4. The van der Waals surface area contributed by atoms with Gasteiger partial charge in [-0.25, -0.2) is 27.9 Å². The average Bonchev–Trinajstić information content (AvgIpc) is 2.63. The highest BCUT2D eigenvalue weighted by Gasteiger charge is 2.31. The topological polar surface area (TPSA) is 72.8 Å². The molecule has 0 fully saturated rings. The van der Waals surface area contributed by atoms with Crippen molar-refractivity contribution in [3.8, 4) is 0 Å². The first kappa shape index (κ1) is 19.7. The zero-order valence-corrected chi connectivity index (χ0v) is 15.4. The smallest absolute Gasteiger partial charge is 0.437 e. The van der Waals surface area contributed by atoms with E-state index < -0.39 is 29.6 Å². The number of amidine groups is 1. The lowest BCUT2D eigenvalue weighted by Gasteiger charge is -2.26. The molecule has 6 nitrogen and oxygen atoms in total. The van der Waals surface area contributed by atoms with Crippen molar-refractivity contribution in [2.75, 3.05) is 7.11 Å². The number of ether oxygens (including phenoxy) is 2. The standard InChI is InChI=1S/C18H13ClF3N3O3/c1-8-16(28-18(26)27-2)14(11-4-3-9(20)5-12(11)19)25-17(24-8)15-13(22)6-10(21)7-23-15/h3-7,14H,1-2H3,(H,24,25). The monoisotopic (exact) mass is 411 g/mol. The van der Waals surface area contributed by atoms with Crippen LogP contribution in [0.15, 0.2) is 46.9 Å². The van der Waals surface area contributed by atoms with Gasteiger partial charge in [0, 0.05) is 16.7 Å². The molecule has 1 N–H and O–H groups in total. The van der Waals surface area contributed by atoms with Crippen LogP contribution in [0.3, 0.4) is 0 Å². The second-order valence-electron chi connectivity index (χ2n) is 5.70. The number of rotatable bonds is 3. The van der Waals surface area contributed by atoms with E-state index in [1.54, 1.807) is 6.92 Å². The normalized spacial score (nSPS) is 16.4. The van der Waals surface area contributed by atoms with Crippen LogP contribution in [0.25, 0.3) is 0 Å². The number of nitrogens with one attached hydrogen (secondary N) is 1. The van der Waals surface area contributed by atoms with E-state index in [4.69, 9.17) is 16.3 Å². The summed E-state index contributed by atoms with van der Waals surface area (Å²) in [5.74, 6) is -2.39. The number of hydrogen-bond acceptors (Lipinski definition) is 6. The molecule has 0 aliphatic carbocycles. The molecule has 1 aliphatic rings. The van der Waals surface area contributed by atoms with Gasteiger partial charge in [0.15, 0.2) is 17.4 Å². The van der Waals surface area contributed by atoms with Gasteiger partial charge in [0.25, 0.3) is 0 Å². The number of hydrogen-bond donors (Lipinski definition) is 1. The minimum absolute atomic E-state index is 0.0151. The highest BCUT2D eigenvalue weighted by atomic mass is 35.5. The van der Waals surface area contributed by atoms with Crippen LogP contribution in [0.5, 0.6) is 0 Å². The van der Waals surface area contributed by atoms with Crippen molar-refractivity contribution < 1.29 is 27.4 Å². The van der Waals surface area contributed by atoms with E-state index in [1.807, 2.05) is 0 Å². The Balaban J connectivity index is 2.12. The molecular weight excluding hydrogens is 399 g/mol. The summed E-state index contributed by atoms with van der Waals surface area (Å²) in [5, 5.41) is 2.77. The number of methoxy groups -OCH3 is 1.